The van der Waals surface area contributed by atoms with Crippen LogP contribution in [-0.2, 0) is 0 Å². The Bertz CT molecular complexity index is 990. The zero-order valence-electron chi connectivity index (χ0n) is 17.4. The molecule has 2 atom stereocenters. The molecule has 1 fully saturated rings. The van der Waals surface area contributed by atoms with Gasteiger partial charge in [0.15, 0.2) is 0 Å². The Morgan fingerprint density at radius 3 is 1.17 bits per heavy atom. The van der Waals surface area contributed by atoms with E-state index in [9.17, 15) is 0 Å². The van der Waals surface area contributed by atoms with Crippen LogP contribution in [0.15, 0.2) is 132 Å². The quantitative estimate of drug-likeness (QED) is 0.611. The smallest absolute Gasteiger partial charge is 0.0208 e. The molecule has 30 heavy (non-hydrogen) atoms. The Hall–Kier alpha value is -3.52. The average Bonchev–Trinajstić information content (AvgIpc) is 2.77. The van der Waals surface area contributed by atoms with Gasteiger partial charge < -0.3 is 9.80 Å². The van der Waals surface area contributed by atoms with Crippen molar-refractivity contribution in [1.29, 1.82) is 0 Å². The topological polar surface area (TPSA) is 6.48 Å². The average molecular weight is 391 g/mol. The highest BCUT2D eigenvalue weighted by molar-refractivity contribution is 5.69. The molecular weight excluding hydrogens is 364 g/mol. The summed E-state index contributed by atoms with van der Waals surface area (Å²) in [7, 11) is 4.14. The fraction of sp³-hybridized carbons (Fsp3) is 0.143. The van der Waals surface area contributed by atoms with Crippen LogP contribution in [0.1, 0.15) is 23.0 Å². The molecular formula is C28H26N2. The van der Waals surface area contributed by atoms with Gasteiger partial charge in [-0.2, -0.15) is 0 Å². The number of benzene rings is 2. The molecule has 0 spiro atoms. The van der Waals surface area contributed by atoms with E-state index in [4.69, 9.17) is 0 Å². The summed E-state index contributed by atoms with van der Waals surface area (Å²) < 4.78 is 0. The molecule has 2 aromatic carbocycles. The fourth-order valence-electron chi connectivity index (χ4n) is 4.64. The Balaban J connectivity index is 1.73. The van der Waals surface area contributed by atoms with Crippen molar-refractivity contribution < 1.29 is 0 Å². The normalized spacial score (nSPS) is 22.7. The van der Waals surface area contributed by atoms with Crippen molar-refractivity contribution in [3.8, 4) is 0 Å². The van der Waals surface area contributed by atoms with Crippen molar-refractivity contribution in [1.82, 2.24) is 9.80 Å². The molecule has 2 nitrogen and oxygen atoms in total. The minimum Gasteiger partial charge on any atom is -0.357 e. The number of hydrogen-bond acceptors (Lipinski definition) is 2. The van der Waals surface area contributed by atoms with Crippen molar-refractivity contribution in [2.45, 2.75) is 11.8 Å². The van der Waals surface area contributed by atoms with Crippen molar-refractivity contribution in [2.75, 3.05) is 14.1 Å². The molecule has 3 aliphatic rings. The summed E-state index contributed by atoms with van der Waals surface area (Å²) >= 11 is 0. The van der Waals surface area contributed by atoms with E-state index in [0.29, 0.717) is 11.8 Å². The van der Waals surface area contributed by atoms with E-state index in [1.54, 1.807) is 0 Å². The van der Waals surface area contributed by atoms with E-state index < -0.39 is 0 Å². The Labute approximate surface area is 179 Å². The summed E-state index contributed by atoms with van der Waals surface area (Å²) in [6.45, 7) is 0. The second-order valence-corrected chi connectivity index (χ2v) is 8.11. The molecule has 0 N–H and O–H groups in total. The summed E-state index contributed by atoms with van der Waals surface area (Å²) in [4.78, 5) is 4.19. The number of rotatable bonds is 2. The van der Waals surface area contributed by atoms with Crippen molar-refractivity contribution in [2.24, 2.45) is 0 Å². The monoisotopic (exact) mass is 390 g/mol. The van der Waals surface area contributed by atoms with E-state index in [0.717, 1.165) is 0 Å². The third kappa shape index (κ3) is 3.25. The van der Waals surface area contributed by atoms with Crippen molar-refractivity contribution in [3.63, 3.8) is 0 Å². The van der Waals surface area contributed by atoms with Crippen LogP contribution in [0.2, 0.25) is 0 Å². The van der Waals surface area contributed by atoms with Crippen LogP contribution in [0.25, 0.3) is 0 Å². The van der Waals surface area contributed by atoms with E-state index in [2.05, 4.69) is 134 Å². The van der Waals surface area contributed by atoms with Gasteiger partial charge in [-0.1, -0.05) is 60.7 Å². The zero-order chi connectivity index (χ0) is 20.5. The second-order valence-electron chi connectivity index (χ2n) is 8.11. The first-order valence-electron chi connectivity index (χ1n) is 10.5. The molecule has 1 saturated carbocycles. The molecule has 0 amide bonds. The first-order chi connectivity index (χ1) is 14.7. The number of nitrogens with zero attached hydrogens (tertiary/aromatic N) is 2. The Morgan fingerprint density at radius 1 is 0.500 bits per heavy atom. The van der Waals surface area contributed by atoms with Crippen LogP contribution >= 0.6 is 0 Å². The summed E-state index contributed by atoms with van der Waals surface area (Å²) in [5.41, 5.74) is 8.23. The van der Waals surface area contributed by atoms with Crippen molar-refractivity contribution in [3.05, 3.63) is 143 Å². The maximum Gasteiger partial charge on any atom is 0.0208 e. The van der Waals surface area contributed by atoms with Crippen LogP contribution in [0, 0.1) is 0 Å². The van der Waals surface area contributed by atoms with E-state index in [1.807, 2.05) is 0 Å². The molecule has 1 aliphatic carbocycles. The third-order valence-electron chi connectivity index (χ3n) is 6.14. The lowest BCUT2D eigenvalue weighted by atomic mass is 9.57. The summed E-state index contributed by atoms with van der Waals surface area (Å²) in [5.74, 6) is 0.676. The maximum absolute atomic E-state index is 2.27. The first-order valence-corrected chi connectivity index (χ1v) is 10.5. The zero-order valence-corrected chi connectivity index (χ0v) is 17.4. The molecule has 5 rings (SSSR count). The summed E-state index contributed by atoms with van der Waals surface area (Å²) in [5, 5.41) is 0. The predicted octanol–water partition coefficient (Wildman–Crippen LogP) is 6.11. The van der Waals surface area contributed by atoms with Crippen molar-refractivity contribution >= 4 is 0 Å². The van der Waals surface area contributed by atoms with Gasteiger partial charge in [-0.05, 0) is 57.7 Å². The lowest BCUT2D eigenvalue weighted by molar-refractivity contribution is 0.571. The lowest BCUT2D eigenvalue weighted by Gasteiger charge is -2.46. The van der Waals surface area contributed by atoms with Crippen LogP contribution in [0.3, 0.4) is 0 Å². The standard InChI is InChI=1S/C28H26N2/c1-29-17-13-23(14-18-29)27-25(21-9-5-3-6-10-21)26(22-11-7-4-8-12-22)28(27)24-15-19-30(2)20-16-24/h3-20,25-26H,1-2H3. The van der Waals surface area contributed by atoms with Gasteiger partial charge in [0.25, 0.3) is 0 Å². The maximum atomic E-state index is 2.27. The predicted molar refractivity (Wildman–Crippen MR) is 125 cm³/mol. The highest BCUT2D eigenvalue weighted by atomic mass is 15.1. The molecule has 2 aromatic rings. The Kier molecular flexibility index (Phi) is 4.76. The molecule has 0 radical (unpaired) electrons. The second kappa shape index (κ2) is 7.72. The minimum atomic E-state index is 0.338. The molecule has 0 saturated heterocycles. The van der Waals surface area contributed by atoms with Gasteiger partial charge in [0, 0.05) is 50.7 Å². The van der Waals surface area contributed by atoms with E-state index in [-0.39, 0.29) is 0 Å². The minimum absolute atomic E-state index is 0.338. The van der Waals surface area contributed by atoms with Crippen LogP contribution in [0.4, 0.5) is 0 Å². The van der Waals surface area contributed by atoms with Gasteiger partial charge in [-0.25, -0.2) is 0 Å². The van der Waals surface area contributed by atoms with Gasteiger partial charge in [-0.15, -0.1) is 0 Å². The molecule has 0 bridgehead atoms. The lowest BCUT2D eigenvalue weighted by Crippen LogP contribution is -2.31. The van der Waals surface area contributed by atoms with Gasteiger partial charge in [0.2, 0.25) is 0 Å². The molecule has 2 heteroatoms. The Morgan fingerprint density at radius 2 is 0.833 bits per heavy atom. The van der Waals surface area contributed by atoms with Gasteiger partial charge in [-0.3, -0.25) is 0 Å². The largest absolute Gasteiger partial charge is 0.357 e. The van der Waals surface area contributed by atoms with Crippen LogP contribution < -0.4 is 0 Å². The van der Waals surface area contributed by atoms with Crippen LogP contribution in [-0.4, -0.2) is 23.9 Å². The van der Waals surface area contributed by atoms with E-state index in [1.165, 1.54) is 33.4 Å². The SMILES string of the molecule is CN1C=CC(=C2C(=C3C=CN(C)C=C3)C(c3ccccc3)C2c2ccccc2)C=C1. The van der Waals surface area contributed by atoms with Gasteiger partial charge >= 0.3 is 0 Å². The van der Waals surface area contributed by atoms with Crippen LogP contribution in [0.5, 0.6) is 0 Å². The van der Waals surface area contributed by atoms with Gasteiger partial charge in [0.1, 0.15) is 0 Å². The molecule has 2 heterocycles. The third-order valence-corrected chi connectivity index (χ3v) is 6.14. The molecule has 148 valence electrons. The number of hydrogen-bond donors (Lipinski definition) is 0. The summed E-state index contributed by atoms with van der Waals surface area (Å²) in [6, 6.07) is 21.9. The summed E-state index contributed by atoms with van der Waals surface area (Å²) in [6.07, 6.45) is 17.5. The molecule has 2 unspecified atom stereocenters. The highest BCUT2D eigenvalue weighted by Gasteiger charge is 2.45. The van der Waals surface area contributed by atoms with E-state index >= 15 is 0 Å². The fourth-order valence-corrected chi connectivity index (χ4v) is 4.64. The molecule has 0 aromatic heterocycles. The first kappa shape index (κ1) is 18.5. The molecule has 2 aliphatic heterocycles. The van der Waals surface area contributed by atoms with Gasteiger partial charge in [0.05, 0.1) is 0 Å². The highest BCUT2D eigenvalue weighted by Crippen LogP contribution is 2.60. The number of allylic oxidation sites excluding steroid dienone is 8.